The average molecular weight is 263 g/mol. The number of alkyl halides is 3. The van der Waals surface area contributed by atoms with Gasteiger partial charge in [0.05, 0.1) is 17.6 Å². The van der Waals surface area contributed by atoms with Crippen LogP contribution in [0.3, 0.4) is 0 Å². The van der Waals surface area contributed by atoms with Crippen LogP contribution in [0.15, 0.2) is 4.99 Å². The smallest absolute Gasteiger partial charge is 0.319 e. The maximum Gasteiger partial charge on any atom is 0.427 e. The van der Waals surface area contributed by atoms with E-state index in [-0.39, 0.29) is 22.9 Å². The lowest BCUT2D eigenvalue weighted by Crippen LogP contribution is -2.11. The lowest BCUT2D eigenvalue weighted by atomic mass is 10.3. The number of aliphatic imine (C=N–C) groups is 1. The number of halogens is 4. The van der Waals surface area contributed by atoms with Crippen LogP contribution in [0, 0.1) is 5.82 Å². The molecule has 3 nitrogen and oxygen atoms in total. The number of nitrogens with zero attached hydrogens (tertiary/aromatic N) is 3. The van der Waals surface area contributed by atoms with Crippen molar-refractivity contribution in [3.8, 4) is 0 Å². The molecule has 0 saturated carbocycles. The first-order chi connectivity index (χ1) is 8.00. The molecule has 90 valence electrons. The summed E-state index contributed by atoms with van der Waals surface area (Å²) in [6, 6.07) is 0. The Hall–Kier alpha value is -1.44. The van der Waals surface area contributed by atoms with Crippen molar-refractivity contribution in [3.05, 3.63) is 16.4 Å². The topological polar surface area (TPSA) is 30.2 Å². The maximum absolute atomic E-state index is 13.9. The van der Waals surface area contributed by atoms with E-state index in [0.717, 1.165) is 0 Å². The van der Waals surface area contributed by atoms with Crippen LogP contribution in [0.4, 0.5) is 17.6 Å². The van der Waals surface area contributed by atoms with Gasteiger partial charge in [-0.15, -0.1) is 0 Å². The highest BCUT2D eigenvalue weighted by molar-refractivity contribution is 7.07. The molecule has 0 N–H and O–H groups in total. The van der Waals surface area contributed by atoms with Crippen molar-refractivity contribution in [1.82, 2.24) is 8.94 Å². The first-order valence-electron chi connectivity index (χ1n) is 4.74. The number of hydrogen-bond donors (Lipinski definition) is 0. The van der Waals surface area contributed by atoms with Crippen molar-refractivity contribution in [2.24, 2.45) is 4.99 Å². The van der Waals surface area contributed by atoms with Crippen molar-refractivity contribution in [2.45, 2.75) is 12.7 Å². The molecule has 1 aliphatic rings. The van der Waals surface area contributed by atoms with Gasteiger partial charge < -0.3 is 4.57 Å². The van der Waals surface area contributed by atoms with Gasteiger partial charge in [-0.3, -0.25) is 4.99 Å². The summed E-state index contributed by atoms with van der Waals surface area (Å²) in [6.07, 6.45) is -3.32. The highest BCUT2D eigenvalue weighted by Crippen LogP contribution is 2.40. The van der Waals surface area contributed by atoms with Crippen molar-refractivity contribution >= 4 is 28.8 Å². The van der Waals surface area contributed by atoms with E-state index in [0.29, 0.717) is 13.1 Å². The Balaban J connectivity index is 2.37. The Morgan fingerprint density at radius 2 is 2.12 bits per heavy atom. The van der Waals surface area contributed by atoms with Crippen molar-refractivity contribution in [3.63, 3.8) is 0 Å². The van der Waals surface area contributed by atoms with E-state index in [1.54, 1.807) is 0 Å². The van der Waals surface area contributed by atoms with Gasteiger partial charge >= 0.3 is 6.18 Å². The van der Waals surface area contributed by atoms with Gasteiger partial charge in [-0.2, -0.15) is 17.5 Å². The van der Waals surface area contributed by atoms with Crippen LogP contribution < -0.4 is 0 Å². The monoisotopic (exact) mass is 263 g/mol. The average Bonchev–Trinajstić information content (AvgIpc) is 2.80. The van der Waals surface area contributed by atoms with E-state index in [4.69, 9.17) is 0 Å². The fourth-order valence-corrected chi connectivity index (χ4v) is 2.62. The van der Waals surface area contributed by atoms with Crippen molar-refractivity contribution < 1.29 is 17.6 Å². The van der Waals surface area contributed by atoms with E-state index >= 15 is 0 Å². The van der Waals surface area contributed by atoms with Crippen LogP contribution in [0.5, 0.6) is 0 Å². The van der Waals surface area contributed by atoms with E-state index in [1.807, 2.05) is 0 Å². The highest BCUT2D eigenvalue weighted by Gasteiger charge is 2.38. The predicted molar refractivity (Wildman–Crippen MR) is 55.0 cm³/mol. The van der Waals surface area contributed by atoms with Crippen LogP contribution >= 0.6 is 11.5 Å². The Kier molecular flexibility index (Phi) is 2.07. The fourth-order valence-electron chi connectivity index (χ4n) is 1.88. The molecule has 2 aromatic heterocycles. The van der Waals surface area contributed by atoms with Crippen LogP contribution in [0.1, 0.15) is 10.6 Å². The standard InChI is InChI=1S/C9H5F4N3S/c10-6-4-3-14-1-2-16(4)8-5(6)7(17-15-8)9(11,12)13/h3H,1-2H2. The Labute approximate surface area is 96.5 Å². The summed E-state index contributed by atoms with van der Waals surface area (Å²) in [5.41, 5.74) is 0.132. The van der Waals surface area contributed by atoms with Crippen LogP contribution in [0.2, 0.25) is 0 Å². The van der Waals surface area contributed by atoms with Gasteiger partial charge in [0.2, 0.25) is 0 Å². The molecule has 8 heteroatoms. The van der Waals surface area contributed by atoms with Crippen LogP contribution in [-0.2, 0) is 12.7 Å². The summed E-state index contributed by atoms with van der Waals surface area (Å²) >= 11 is 0.283. The highest BCUT2D eigenvalue weighted by atomic mass is 32.1. The van der Waals surface area contributed by atoms with Crippen LogP contribution in [0.25, 0.3) is 11.0 Å². The summed E-state index contributed by atoms with van der Waals surface area (Å²) in [6.45, 7) is 0.780. The summed E-state index contributed by atoms with van der Waals surface area (Å²) in [4.78, 5) is 2.87. The van der Waals surface area contributed by atoms with Crippen molar-refractivity contribution in [1.29, 1.82) is 0 Å². The quantitative estimate of drug-likeness (QED) is 0.672. The zero-order valence-corrected chi connectivity index (χ0v) is 9.07. The molecule has 1 aliphatic heterocycles. The van der Waals surface area contributed by atoms with E-state index in [2.05, 4.69) is 9.37 Å². The molecule has 3 heterocycles. The zero-order chi connectivity index (χ0) is 12.2. The van der Waals surface area contributed by atoms with Gasteiger partial charge in [0.1, 0.15) is 4.88 Å². The number of fused-ring (bicyclic) bond motifs is 3. The Morgan fingerprint density at radius 3 is 2.82 bits per heavy atom. The second kappa shape index (κ2) is 3.28. The van der Waals surface area contributed by atoms with Gasteiger partial charge in [0.25, 0.3) is 0 Å². The molecular formula is C9H5F4N3S. The van der Waals surface area contributed by atoms with Gasteiger partial charge in [-0.25, -0.2) is 4.39 Å². The number of aromatic nitrogens is 2. The molecule has 0 unspecified atom stereocenters. The number of rotatable bonds is 0. The molecule has 0 atom stereocenters. The maximum atomic E-state index is 13.9. The van der Waals surface area contributed by atoms with Gasteiger partial charge in [0.15, 0.2) is 11.5 Å². The molecule has 0 saturated heterocycles. The van der Waals surface area contributed by atoms with Gasteiger partial charge in [-0.05, 0) is 11.5 Å². The molecule has 0 aliphatic carbocycles. The molecule has 2 aromatic rings. The summed E-state index contributed by atoms with van der Waals surface area (Å²) in [7, 11) is 0. The SMILES string of the molecule is Fc1c2n(c3nsc(C(F)(F)F)c13)CCN=C2. The summed E-state index contributed by atoms with van der Waals surface area (Å²) in [5, 5.41) is -0.439. The third kappa shape index (κ3) is 1.40. The largest absolute Gasteiger partial charge is 0.427 e. The van der Waals surface area contributed by atoms with E-state index < -0.39 is 22.3 Å². The lowest BCUT2D eigenvalue weighted by molar-refractivity contribution is -0.133. The Bertz CT molecular complexity index is 622. The minimum Gasteiger partial charge on any atom is -0.319 e. The predicted octanol–water partition coefficient (Wildman–Crippen LogP) is 2.69. The second-order valence-corrected chi connectivity index (χ2v) is 4.37. The molecule has 0 bridgehead atoms. The normalized spacial score (nSPS) is 15.5. The molecular weight excluding hydrogens is 258 g/mol. The molecule has 0 spiro atoms. The molecule has 3 rings (SSSR count). The third-order valence-corrected chi connectivity index (χ3v) is 3.47. The number of hydrogen-bond acceptors (Lipinski definition) is 3. The lowest BCUT2D eigenvalue weighted by Gasteiger charge is -2.08. The minimum atomic E-state index is -4.57. The van der Waals surface area contributed by atoms with E-state index in [9.17, 15) is 17.6 Å². The van der Waals surface area contributed by atoms with E-state index in [1.165, 1.54) is 10.8 Å². The van der Waals surface area contributed by atoms with Crippen LogP contribution in [-0.4, -0.2) is 21.7 Å². The molecule has 0 aromatic carbocycles. The summed E-state index contributed by atoms with van der Waals surface area (Å²) in [5.74, 6) is -0.885. The summed E-state index contributed by atoms with van der Waals surface area (Å²) < 4.78 is 57.0. The second-order valence-electron chi connectivity index (χ2n) is 3.59. The first-order valence-corrected chi connectivity index (χ1v) is 5.52. The minimum absolute atomic E-state index is 0.0565. The Morgan fingerprint density at radius 1 is 1.35 bits per heavy atom. The van der Waals surface area contributed by atoms with Crippen molar-refractivity contribution in [2.75, 3.05) is 6.54 Å². The molecule has 0 fully saturated rings. The fraction of sp³-hybridized carbons (Fsp3) is 0.333. The molecule has 0 radical (unpaired) electrons. The first kappa shape index (κ1) is 10.7. The molecule has 17 heavy (non-hydrogen) atoms. The molecule has 0 amide bonds. The van der Waals surface area contributed by atoms with Gasteiger partial charge in [-0.1, -0.05) is 0 Å². The third-order valence-electron chi connectivity index (χ3n) is 2.59. The zero-order valence-electron chi connectivity index (χ0n) is 8.25. The van der Waals surface area contributed by atoms with Gasteiger partial charge in [0, 0.05) is 12.8 Å².